The Labute approximate surface area is 89.2 Å². The summed E-state index contributed by atoms with van der Waals surface area (Å²) in [5.41, 5.74) is 6.29. The number of ether oxygens (including phenoxy) is 1. The Bertz CT molecular complexity index is 314. The first-order valence-electron chi connectivity index (χ1n) is 5.18. The minimum atomic E-state index is 0.358. The van der Waals surface area contributed by atoms with E-state index in [9.17, 15) is 0 Å². The van der Waals surface area contributed by atoms with Gasteiger partial charge >= 0.3 is 0 Å². The van der Waals surface area contributed by atoms with Crippen molar-refractivity contribution in [3.63, 3.8) is 0 Å². The molecule has 0 amide bonds. The maximum Gasteiger partial charge on any atom is 0.151 e. The Morgan fingerprint density at radius 2 is 2.40 bits per heavy atom. The van der Waals surface area contributed by atoms with Gasteiger partial charge in [-0.05, 0) is 19.1 Å². The zero-order chi connectivity index (χ0) is 10.7. The lowest BCUT2D eigenvalue weighted by Crippen LogP contribution is -2.44. The third-order valence-corrected chi connectivity index (χ3v) is 2.58. The Morgan fingerprint density at radius 3 is 3.00 bits per heavy atom. The number of aromatic nitrogens is 2. The van der Waals surface area contributed by atoms with Crippen LogP contribution in [0.15, 0.2) is 12.1 Å². The number of rotatable bonds is 2. The van der Waals surface area contributed by atoms with Crippen LogP contribution >= 0.6 is 0 Å². The number of nitrogens with zero attached hydrogens (tertiary/aromatic N) is 3. The molecule has 0 bridgehead atoms. The molecule has 5 nitrogen and oxygen atoms in total. The standard InChI is InChI=1S/C10H16N4O/c1-8-7-15-5-4-14(8)10-3-2-9(6-11)12-13-10/h2-3,8H,4-7,11H2,1H3. The molecule has 0 aromatic carbocycles. The molecule has 1 aromatic heterocycles. The molecular weight excluding hydrogens is 192 g/mol. The molecule has 5 heteroatoms. The lowest BCUT2D eigenvalue weighted by Gasteiger charge is -2.33. The van der Waals surface area contributed by atoms with E-state index in [-0.39, 0.29) is 0 Å². The van der Waals surface area contributed by atoms with Crippen molar-refractivity contribution >= 4 is 5.82 Å². The first-order valence-corrected chi connectivity index (χ1v) is 5.18. The average Bonchev–Trinajstić information content (AvgIpc) is 2.30. The van der Waals surface area contributed by atoms with Gasteiger partial charge in [0.15, 0.2) is 5.82 Å². The minimum Gasteiger partial charge on any atom is -0.377 e. The molecule has 0 spiro atoms. The van der Waals surface area contributed by atoms with E-state index in [2.05, 4.69) is 22.0 Å². The maximum atomic E-state index is 5.47. The molecule has 2 heterocycles. The molecule has 82 valence electrons. The highest BCUT2D eigenvalue weighted by molar-refractivity contribution is 5.39. The molecule has 1 aliphatic rings. The van der Waals surface area contributed by atoms with Crippen molar-refractivity contribution in [3.05, 3.63) is 17.8 Å². The van der Waals surface area contributed by atoms with Gasteiger partial charge in [-0.2, -0.15) is 5.10 Å². The second-order valence-corrected chi connectivity index (χ2v) is 3.70. The van der Waals surface area contributed by atoms with E-state index in [1.807, 2.05) is 12.1 Å². The first-order chi connectivity index (χ1) is 7.31. The van der Waals surface area contributed by atoms with Crippen LogP contribution in [0.1, 0.15) is 12.6 Å². The van der Waals surface area contributed by atoms with Gasteiger partial charge in [-0.25, -0.2) is 0 Å². The Morgan fingerprint density at radius 1 is 1.53 bits per heavy atom. The number of hydrogen-bond acceptors (Lipinski definition) is 5. The van der Waals surface area contributed by atoms with Crippen molar-refractivity contribution in [1.29, 1.82) is 0 Å². The number of nitrogens with two attached hydrogens (primary N) is 1. The third-order valence-electron chi connectivity index (χ3n) is 2.58. The molecule has 0 aliphatic carbocycles. The second-order valence-electron chi connectivity index (χ2n) is 3.70. The van der Waals surface area contributed by atoms with Crippen LogP contribution in [0, 0.1) is 0 Å². The lowest BCUT2D eigenvalue weighted by molar-refractivity contribution is 0.0984. The molecule has 15 heavy (non-hydrogen) atoms. The van der Waals surface area contributed by atoms with Crippen LogP contribution < -0.4 is 10.6 Å². The van der Waals surface area contributed by atoms with Gasteiger partial charge in [0, 0.05) is 13.1 Å². The fraction of sp³-hybridized carbons (Fsp3) is 0.600. The Hall–Kier alpha value is -1.20. The van der Waals surface area contributed by atoms with Gasteiger partial charge in [0.1, 0.15) is 0 Å². The van der Waals surface area contributed by atoms with Crippen molar-refractivity contribution in [2.75, 3.05) is 24.7 Å². The fourth-order valence-corrected chi connectivity index (χ4v) is 1.68. The largest absolute Gasteiger partial charge is 0.377 e. The molecule has 1 fully saturated rings. The highest BCUT2D eigenvalue weighted by atomic mass is 16.5. The molecule has 2 rings (SSSR count). The third kappa shape index (κ3) is 2.24. The zero-order valence-corrected chi connectivity index (χ0v) is 8.89. The molecule has 1 aromatic rings. The predicted octanol–water partition coefficient (Wildman–Crippen LogP) is 0.160. The average molecular weight is 208 g/mol. The van der Waals surface area contributed by atoms with Crippen LogP contribution in [0.2, 0.25) is 0 Å². The van der Waals surface area contributed by atoms with E-state index in [1.165, 1.54) is 0 Å². The Kier molecular flexibility index (Phi) is 3.13. The van der Waals surface area contributed by atoms with Crippen LogP contribution in [-0.4, -0.2) is 36.0 Å². The number of morpholine rings is 1. The van der Waals surface area contributed by atoms with E-state index in [4.69, 9.17) is 10.5 Å². The van der Waals surface area contributed by atoms with E-state index in [0.29, 0.717) is 12.6 Å². The zero-order valence-electron chi connectivity index (χ0n) is 8.89. The van der Waals surface area contributed by atoms with Crippen LogP contribution in [0.5, 0.6) is 0 Å². The summed E-state index contributed by atoms with van der Waals surface area (Å²) >= 11 is 0. The topological polar surface area (TPSA) is 64.3 Å². The maximum absolute atomic E-state index is 5.47. The molecule has 1 unspecified atom stereocenters. The minimum absolute atomic E-state index is 0.358. The van der Waals surface area contributed by atoms with Crippen LogP contribution in [0.3, 0.4) is 0 Å². The molecule has 0 saturated carbocycles. The van der Waals surface area contributed by atoms with Gasteiger partial charge in [-0.3, -0.25) is 0 Å². The number of anilines is 1. The van der Waals surface area contributed by atoms with Gasteiger partial charge in [-0.1, -0.05) is 0 Å². The normalized spacial score (nSPS) is 21.7. The molecule has 1 saturated heterocycles. The first kappa shape index (κ1) is 10.3. The summed E-state index contributed by atoms with van der Waals surface area (Å²) in [6.07, 6.45) is 0. The molecule has 1 atom stereocenters. The second kappa shape index (κ2) is 4.55. The summed E-state index contributed by atoms with van der Waals surface area (Å²) in [7, 11) is 0. The predicted molar refractivity (Wildman–Crippen MR) is 57.6 cm³/mol. The summed E-state index contributed by atoms with van der Waals surface area (Å²) in [5, 5.41) is 8.21. The molecular formula is C10H16N4O. The smallest absolute Gasteiger partial charge is 0.151 e. The summed E-state index contributed by atoms with van der Waals surface area (Å²) in [6.45, 7) is 4.94. The van der Waals surface area contributed by atoms with Crippen LogP contribution in [0.25, 0.3) is 0 Å². The lowest BCUT2D eigenvalue weighted by atomic mass is 10.2. The van der Waals surface area contributed by atoms with E-state index in [1.54, 1.807) is 0 Å². The van der Waals surface area contributed by atoms with Gasteiger partial charge in [0.05, 0.1) is 24.9 Å². The highest BCUT2D eigenvalue weighted by Crippen LogP contribution is 2.15. The van der Waals surface area contributed by atoms with Gasteiger partial charge in [0.2, 0.25) is 0 Å². The molecule has 2 N–H and O–H groups in total. The van der Waals surface area contributed by atoms with Crippen molar-refractivity contribution < 1.29 is 4.74 Å². The summed E-state index contributed by atoms with van der Waals surface area (Å²) in [5.74, 6) is 0.906. The van der Waals surface area contributed by atoms with Gasteiger partial charge in [-0.15, -0.1) is 5.10 Å². The quantitative estimate of drug-likeness (QED) is 0.750. The van der Waals surface area contributed by atoms with Crippen molar-refractivity contribution in [3.8, 4) is 0 Å². The van der Waals surface area contributed by atoms with Crippen LogP contribution in [-0.2, 0) is 11.3 Å². The van der Waals surface area contributed by atoms with E-state index < -0.39 is 0 Å². The van der Waals surface area contributed by atoms with E-state index >= 15 is 0 Å². The Balaban J connectivity index is 2.13. The number of hydrogen-bond donors (Lipinski definition) is 1. The summed E-state index contributed by atoms with van der Waals surface area (Å²) in [4.78, 5) is 2.21. The molecule has 1 aliphatic heterocycles. The SMILES string of the molecule is CC1COCCN1c1ccc(CN)nn1. The van der Waals surface area contributed by atoms with Gasteiger partial charge in [0.25, 0.3) is 0 Å². The van der Waals surface area contributed by atoms with Gasteiger partial charge < -0.3 is 15.4 Å². The molecule has 0 radical (unpaired) electrons. The van der Waals surface area contributed by atoms with Crippen molar-refractivity contribution in [2.45, 2.75) is 19.5 Å². The van der Waals surface area contributed by atoms with Crippen molar-refractivity contribution in [1.82, 2.24) is 10.2 Å². The summed E-state index contributed by atoms with van der Waals surface area (Å²) < 4.78 is 5.37. The van der Waals surface area contributed by atoms with E-state index in [0.717, 1.165) is 31.3 Å². The highest BCUT2D eigenvalue weighted by Gasteiger charge is 2.20. The van der Waals surface area contributed by atoms with Crippen molar-refractivity contribution in [2.24, 2.45) is 5.73 Å². The monoisotopic (exact) mass is 208 g/mol. The fourth-order valence-electron chi connectivity index (χ4n) is 1.68. The van der Waals surface area contributed by atoms with Crippen LogP contribution in [0.4, 0.5) is 5.82 Å². The summed E-state index contributed by atoms with van der Waals surface area (Å²) in [6, 6.07) is 4.25.